The highest BCUT2D eigenvalue weighted by molar-refractivity contribution is 6.28. The Hall–Kier alpha value is -1.89. The molecule has 2 heterocycles. The molecule has 8 heteroatoms. The second-order valence-electron chi connectivity index (χ2n) is 5.63. The van der Waals surface area contributed by atoms with Gasteiger partial charge in [0.25, 0.3) is 5.56 Å². The maximum Gasteiger partial charge on any atom is 0.332 e. The Bertz CT molecular complexity index is 818. The van der Waals surface area contributed by atoms with E-state index in [0.29, 0.717) is 31.5 Å². The van der Waals surface area contributed by atoms with Crippen LogP contribution in [-0.2, 0) is 17.9 Å². The highest BCUT2D eigenvalue weighted by Crippen LogP contribution is 2.10. The largest absolute Gasteiger partial charge is 0.332 e. The van der Waals surface area contributed by atoms with Crippen molar-refractivity contribution in [2.24, 2.45) is 0 Å². The van der Waals surface area contributed by atoms with Crippen molar-refractivity contribution in [1.82, 2.24) is 19.1 Å². The number of hydrogen-bond acceptors (Lipinski definition) is 4. The summed E-state index contributed by atoms with van der Waals surface area (Å²) >= 11 is 5.86. The number of ketones is 1. The van der Waals surface area contributed by atoms with Crippen LogP contribution in [-0.4, -0.2) is 24.9 Å². The molecular formula is C15H21ClN4O3. The Kier molecular flexibility index (Phi) is 5.76. The number of Topliss-reactive ketones (excluding diaryl/α,β-unsaturated/α-hetero) is 1. The maximum atomic E-state index is 12.6. The standard InChI is InChI=1S/C15H21ClN4O3/c1-3-4-8-19-12-11(17-14(16)18-12)13(22)20(15(19)23)9-6-5-7-10(2)21/h3-9H2,1-2H3,(H,17,18). The van der Waals surface area contributed by atoms with E-state index in [1.807, 2.05) is 6.92 Å². The number of nitrogens with one attached hydrogen (secondary N) is 1. The number of hydrogen-bond donors (Lipinski definition) is 1. The first kappa shape index (κ1) is 17.5. The minimum absolute atomic E-state index is 0.0936. The lowest BCUT2D eigenvalue weighted by molar-refractivity contribution is -0.117. The third kappa shape index (κ3) is 3.90. The molecule has 23 heavy (non-hydrogen) atoms. The molecule has 0 unspecified atom stereocenters. The molecular weight excluding hydrogens is 320 g/mol. The van der Waals surface area contributed by atoms with E-state index >= 15 is 0 Å². The highest BCUT2D eigenvalue weighted by atomic mass is 35.5. The van der Waals surface area contributed by atoms with Gasteiger partial charge in [-0.15, -0.1) is 0 Å². The van der Waals surface area contributed by atoms with Crippen molar-refractivity contribution in [2.45, 2.75) is 59.0 Å². The Balaban J connectivity index is 2.41. The molecule has 7 nitrogen and oxygen atoms in total. The number of carbonyl (C=O) groups is 1. The van der Waals surface area contributed by atoms with Gasteiger partial charge >= 0.3 is 5.69 Å². The second-order valence-corrected chi connectivity index (χ2v) is 5.99. The molecule has 0 fully saturated rings. The molecule has 0 saturated heterocycles. The van der Waals surface area contributed by atoms with Crippen LogP contribution in [0.1, 0.15) is 46.0 Å². The first-order chi connectivity index (χ1) is 11.0. The van der Waals surface area contributed by atoms with Gasteiger partial charge in [-0.25, -0.2) is 4.79 Å². The first-order valence-electron chi connectivity index (χ1n) is 7.84. The Morgan fingerprint density at radius 1 is 1.17 bits per heavy atom. The van der Waals surface area contributed by atoms with Crippen LogP contribution in [0.4, 0.5) is 0 Å². The minimum Gasteiger partial charge on any atom is -0.323 e. The lowest BCUT2D eigenvalue weighted by Gasteiger charge is -2.10. The van der Waals surface area contributed by atoms with Gasteiger partial charge in [0.2, 0.25) is 5.28 Å². The highest BCUT2D eigenvalue weighted by Gasteiger charge is 2.16. The summed E-state index contributed by atoms with van der Waals surface area (Å²) in [4.78, 5) is 42.8. The molecule has 1 N–H and O–H groups in total. The summed E-state index contributed by atoms with van der Waals surface area (Å²) in [5.41, 5.74) is -0.238. The smallest absolute Gasteiger partial charge is 0.323 e. The molecule has 2 aromatic rings. The number of carbonyl (C=O) groups excluding carboxylic acids is 1. The zero-order valence-corrected chi connectivity index (χ0v) is 14.2. The van der Waals surface area contributed by atoms with Crippen LogP contribution in [0.2, 0.25) is 5.28 Å². The van der Waals surface area contributed by atoms with Gasteiger partial charge in [-0.1, -0.05) is 13.3 Å². The van der Waals surface area contributed by atoms with E-state index < -0.39 is 5.56 Å². The minimum atomic E-state index is -0.417. The molecule has 0 radical (unpaired) electrons. The molecule has 0 aliphatic heterocycles. The van der Waals surface area contributed by atoms with Gasteiger partial charge in [0, 0.05) is 19.5 Å². The fourth-order valence-corrected chi connectivity index (χ4v) is 2.67. The molecule has 0 aliphatic carbocycles. The number of fused-ring (bicyclic) bond motifs is 1. The molecule has 0 spiro atoms. The molecule has 2 aromatic heterocycles. The van der Waals surface area contributed by atoms with E-state index in [4.69, 9.17) is 11.6 Å². The van der Waals surface area contributed by atoms with Crippen molar-refractivity contribution in [2.75, 3.05) is 0 Å². The van der Waals surface area contributed by atoms with Crippen molar-refractivity contribution in [1.29, 1.82) is 0 Å². The molecule has 2 rings (SSSR count). The van der Waals surface area contributed by atoms with E-state index in [1.165, 1.54) is 16.1 Å². The maximum absolute atomic E-state index is 12.6. The van der Waals surface area contributed by atoms with Crippen LogP contribution >= 0.6 is 11.6 Å². The fourth-order valence-electron chi connectivity index (χ4n) is 2.50. The number of imidazole rings is 1. The van der Waals surface area contributed by atoms with Gasteiger partial charge in [0.05, 0.1) is 0 Å². The SMILES string of the molecule is CCCCn1c(=O)n(CCCCC(C)=O)c(=O)c2[nH]c(Cl)nc21. The molecule has 0 bridgehead atoms. The van der Waals surface area contributed by atoms with E-state index in [2.05, 4.69) is 9.97 Å². The lowest BCUT2D eigenvalue weighted by atomic mass is 10.2. The van der Waals surface area contributed by atoms with Crippen LogP contribution in [0.3, 0.4) is 0 Å². The van der Waals surface area contributed by atoms with Crippen molar-refractivity contribution in [3.8, 4) is 0 Å². The van der Waals surface area contributed by atoms with Gasteiger partial charge in [0.15, 0.2) is 11.2 Å². The number of aromatic nitrogens is 4. The summed E-state index contributed by atoms with van der Waals surface area (Å²) in [7, 11) is 0. The predicted molar refractivity (Wildman–Crippen MR) is 89.1 cm³/mol. The zero-order valence-electron chi connectivity index (χ0n) is 13.4. The van der Waals surface area contributed by atoms with E-state index in [-0.39, 0.29) is 28.8 Å². The summed E-state index contributed by atoms with van der Waals surface area (Å²) in [5.74, 6) is 0.105. The number of nitrogens with zero attached hydrogens (tertiary/aromatic N) is 3. The number of aryl methyl sites for hydroxylation is 1. The molecule has 0 amide bonds. The zero-order chi connectivity index (χ0) is 17.0. The normalized spacial score (nSPS) is 11.3. The van der Waals surface area contributed by atoms with E-state index in [1.54, 1.807) is 0 Å². The predicted octanol–water partition coefficient (Wildman–Crippen LogP) is 2.10. The quantitative estimate of drug-likeness (QED) is 0.588. The molecule has 0 atom stereocenters. The molecule has 0 saturated carbocycles. The monoisotopic (exact) mass is 340 g/mol. The van der Waals surface area contributed by atoms with Gasteiger partial charge in [-0.05, 0) is 37.8 Å². The summed E-state index contributed by atoms with van der Waals surface area (Å²) in [5, 5.41) is 0.0936. The third-order valence-corrected chi connectivity index (χ3v) is 3.91. The summed E-state index contributed by atoms with van der Waals surface area (Å²) < 4.78 is 2.69. The average molecular weight is 341 g/mol. The van der Waals surface area contributed by atoms with Crippen molar-refractivity contribution >= 4 is 28.5 Å². The Morgan fingerprint density at radius 3 is 2.52 bits per heavy atom. The van der Waals surface area contributed by atoms with Gasteiger partial charge in [-0.3, -0.25) is 13.9 Å². The fraction of sp³-hybridized carbons (Fsp3) is 0.600. The number of halogens is 1. The number of aromatic amines is 1. The number of unbranched alkanes of at least 4 members (excludes halogenated alkanes) is 2. The average Bonchev–Trinajstić information content (AvgIpc) is 2.88. The molecule has 0 aromatic carbocycles. The van der Waals surface area contributed by atoms with Crippen LogP contribution in [0.5, 0.6) is 0 Å². The summed E-state index contributed by atoms with van der Waals surface area (Å²) in [6, 6.07) is 0. The van der Waals surface area contributed by atoms with Crippen LogP contribution in [0, 0.1) is 0 Å². The van der Waals surface area contributed by atoms with Crippen LogP contribution < -0.4 is 11.2 Å². The molecule has 0 aliphatic rings. The van der Waals surface area contributed by atoms with Gasteiger partial charge in [0.1, 0.15) is 5.78 Å². The summed E-state index contributed by atoms with van der Waals surface area (Å²) in [6.07, 6.45) is 3.43. The van der Waals surface area contributed by atoms with Crippen LogP contribution in [0.15, 0.2) is 9.59 Å². The lowest BCUT2D eigenvalue weighted by Crippen LogP contribution is -2.40. The third-order valence-electron chi connectivity index (χ3n) is 3.73. The summed E-state index contributed by atoms with van der Waals surface area (Å²) in [6.45, 7) is 4.32. The number of H-pyrrole nitrogens is 1. The van der Waals surface area contributed by atoms with Crippen molar-refractivity contribution in [3.05, 3.63) is 26.1 Å². The Labute approximate surface area is 138 Å². The topological polar surface area (TPSA) is 89.8 Å². The van der Waals surface area contributed by atoms with Gasteiger partial charge in [-0.2, -0.15) is 4.98 Å². The van der Waals surface area contributed by atoms with Crippen molar-refractivity contribution in [3.63, 3.8) is 0 Å². The van der Waals surface area contributed by atoms with Crippen LogP contribution in [0.25, 0.3) is 11.2 Å². The Morgan fingerprint density at radius 2 is 1.87 bits per heavy atom. The number of rotatable bonds is 8. The first-order valence-corrected chi connectivity index (χ1v) is 8.21. The second kappa shape index (κ2) is 7.59. The van der Waals surface area contributed by atoms with E-state index in [9.17, 15) is 14.4 Å². The van der Waals surface area contributed by atoms with E-state index in [0.717, 1.165) is 12.8 Å². The van der Waals surface area contributed by atoms with Crippen molar-refractivity contribution < 1.29 is 4.79 Å². The molecule has 126 valence electrons. The van der Waals surface area contributed by atoms with Gasteiger partial charge < -0.3 is 9.78 Å².